The summed E-state index contributed by atoms with van der Waals surface area (Å²) in [6.45, 7) is 3.47. The van der Waals surface area contributed by atoms with E-state index in [2.05, 4.69) is 5.32 Å². The SMILES string of the molecule is CCC[C@@H]1[C@H](C(=O)N2CCC(O)(C3CCCCC3OCCCC3(C(=O)O)CCC3)CC2)CCCN1C(=O)C1NC=CC=C1C(F)(F)F. The van der Waals surface area contributed by atoms with Crippen molar-refractivity contribution in [3.63, 3.8) is 0 Å². The number of carboxylic acid groups (broad SMARTS) is 1. The highest BCUT2D eigenvalue weighted by molar-refractivity contribution is 5.88. The van der Waals surface area contributed by atoms with Crippen LogP contribution in [0.5, 0.6) is 0 Å². The minimum absolute atomic E-state index is 0.0609. The lowest BCUT2D eigenvalue weighted by Crippen LogP contribution is -2.60. The standard InChI is InChI=1S/C35H52F3N3O6/c1-2-9-27-24(10-6-20-41(27)31(43)29-26(35(36,37)38)12-5-19-39-29)30(42)40-21-17-34(46,18-22-40)25-11-3-4-13-28(25)47-23-8-16-33(32(44)45)14-7-15-33/h5,12,19,24-25,27-29,39,46H,2-4,6-11,13-18,20-23H2,1H3,(H,44,45)/t24-,25?,27-,28?,29?/m1/s1. The number of rotatable bonds is 11. The second kappa shape index (κ2) is 14.9. The topological polar surface area (TPSA) is 119 Å². The number of halogens is 3. The Hall–Kier alpha value is -2.60. The van der Waals surface area contributed by atoms with Gasteiger partial charge >= 0.3 is 12.1 Å². The second-order valence-corrected chi connectivity index (χ2v) is 14.5. The van der Waals surface area contributed by atoms with Gasteiger partial charge < -0.3 is 30.1 Å². The van der Waals surface area contributed by atoms with E-state index in [4.69, 9.17) is 4.74 Å². The zero-order chi connectivity index (χ0) is 33.8. The summed E-state index contributed by atoms with van der Waals surface area (Å²) < 4.78 is 47.6. The summed E-state index contributed by atoms with van der Waals surface area (Å²) in [6.07, 6.45) is 9.27. The van der Waals surface area contributed by atoms with Crippen molar-refractivity contribution in [2.24, 2.45) is 17.3 Å². The minimum atomic E-state index is -4.66. The van der Waals surface area contributed by atoms with Crippen LogP contribution in [0.15, 0.2) is 23.9 Å². The molecule has 9 nitrogen and oxygen atoms in total. The highest BCUT2D eigenvalue weighted by atomic mass is 19.4. The molecule has 0 radical (unpaired) electrons. The third-order valence-electron chi connectivity index (χ3n) is 11.7. The number of alkyl halides is 3. The van der Waals surface area contributed by atoms with Crippen molar-refractivity contribution in [1.82, 2.24) is 15.1 Å². The molecule has 3 N–H and O–H groups in total. The van der Waals surface area contributed by atoms with E-state index in [0.29, 0.717) is 77.6 Å². The van der Waals surface area contributed by atoms with Crippen molar-refractivity contribution in [2.75, 3.05) is 26.2 Å². The Morgan fingerprint density at radius 1 is 1.00 bits per heavy atom. The molecule has 3 unspecified atom stereocenters. The Bertz CT molecular complexity index is 1190. The summed E-state index contributed by atoms with van der Waals surface area (Å²) in [5, 5.41) is 24.1. The summed E-state index contributed by atoms with van der Waals surface area (Å²) >= 11 is 0. The molecular weight excluding hydrogens is 615 g/mol. The van der Waals surface area contributed by atoms with Gasteiger partial charge in [-0.2, -0.15) is 13.2 Å². The number of allylic oxidation sites excluding steroid dienone is 2. The zero-order valence-corrected chi connectivity index (χ0v) is 27.6. The van der Waals surface area contributed by atoms with Crippen molar-refractivity contribution >= 4 is 17.8 Å². The van der Waals surface area contributed by atoms with Gasteiger partial charge in [-0.3, -0.25) is 14.4 Å². The number of hydrogen-bond acceptors (Lipinski definition) is 6. The highest BCUT2D eigenvalue weighted by Crippen LogP contribution is 2.46. The molecule has 12 heteroatoms. The molecule has 3 heterocycles. The lowest BCUT2D eigenvalue weighted by molar-refractivity contribution is -0.157. The molecule has 0 spiro atoms. The molecular formula is C35H52F3N3O6. The first kappa shape index (κ1) is 35.7. The van der Waals surface area contributed by atoms with E-state index in [-0.39, 0.29) is 17.9 Å². The van der Waals surface area contributed by atoms with Gasteiger partial charge in [0.15, 0.2) is 0 Å². The molecule has 5 aliphatic rings. The molecule has 0 aromatic rings. The normalized spacial score (nSPS) is 30.6. The maximum absolute atomic E-state index is 14.0. The van der Waals surface area contributed by atoms with Gasteiger partial charge in [-0.15, -0.1) is 0 Å². The fraction of sp³-hybridized carbons (Fsp3) is 0.800. The third-order valence-corrected chi connectivity index (χ3v) is 11.7. The quantitative estimate of drug-likeness (QED) is 0.255. The lowest BCUT2D eigenvalue weighted by Gasteiger charge is -2.49. The van der Waals surface area contributed by atoms with E-state index in [1.165, 1.54) is 17.2 Å². The Morgan fingerprint density at radius 3 is 2.36 bits per heavy atom. The van der Waals surface area contributed by atoms with E-state index in [1.54, 1.807) is 4.90 Å². The van der Waals surface area contributed by atoms with Gasteiger partial charge in [-0.05, 0) is 82.9 Å². The van der Waals surface area contributed by atoms with Gasteiger partial charge in [0.1, 0.15) is 6.04 Å². The lowest BCUT2D eigenvalue weighted by atomic mass is 9.66. The van der Waals surface area contributed by atoms with Gasteiger partial charge in [0, 0.05) is 38.2 Å². The number of nitrogens with zero attached hydrogens (tertiary/aromatic N) is 2. The number of piperidine rings is 2. The predicted molar refractivity (Wildman–Crippen MR) is 169 cm³/mol. The summed E-state index contributed by atoms with van der Waals surface area (Å²) in [4.78, 5) is 42.6. The molecule has 4 fully saturated rings. The fourth-order valence-corrected chi connectivity index (χ4v) is 8.84. The van der Waals surface area contributed by atoms with Crippen LogP contribution in [0.2, 0.25) is 0 Å². The predicted octanol–water partition coefficient (Wildman–Crippen LogP) is 5.33. The van der Waals surface area contributed by atoms with Crippen LogP contribution < -0.4 is 5.32 Å². The van der Waals surface area contributed by atoms with E-state index in [1.807, 2.05) is 6.92 Å². The second-order valence-electron chi connectivity index (χ2n) is 14.5. The molecule has 5 atom stereocenters. The summed E-state index contributed by atoms with van der Waals surface area (Å²) in [5.41, 5.74) is -2.51. The number of carbonyl (C=O) groups is 3. The van der Waals surface area contributed by atoms with Gasteiger partial charge in [-0.1, -0.05) is 38.7 Å². The third kappa shape index (κ3) is 7.68. The first-order chi connectivity index (χ1) is 22.4. The molecule has 2 amide bonds. The molecule has 2 saturated heterocycles. The molecule has 0 aromatic heterocycles. The monoisotopic (exact) mass is 667 g/mol. The summed E-state index contributed by atoms with van der Waals surface area (Å²) in [7, 11) is 0. The first-order valence-corrected chi connectivity index (χ1v) is 17.8. The van der Waals surface area contributed by atoms with Crippen LogP contribution in [-0.4, -0.2) is 94.0 Å². The summed E-state index contributed by atoms with van der Waals surface area (Å²) in [5.74, 6) is -2.03. The van der Waals surface area contributed by atoms with E-state index >= 15 is 0 Å². The van der Waals surface area contributed by atoms with Crippen molar-refractivity contribution in [1.29, 1.82) is 0 Å². The van der Waals surface area contributed by atoms with Crippen LogP contribution in [-0.2, 0) is 19.1 Å². The molecule has 3 aliphatic heterocycles. The number of aliphatic carboxylic acids is 1. The van der Waals surface area contributed by atoms with Crippen LogP contribution in [0.3, 0.4) is 0 Å². The Kier molecular flexibility index (Phi) is 11.3. The highest BCUT2D eigenvalue weighted by Gasteiger charge is 2.49. The van der Waals surface area contributed by atoms with Crippen molar-refractivity contribution in [3.05, 3.63) is 23.9 Å². The Balaban J connectivity index is 1.19. The number of carbonyl (C=O) groups excluding carboxylic acids is 2. The number of dihydropyridines is 1. The van der Waals surface area contributed by atoms with Gasteiger partial charge in [0.2, 0.25) is 11.8 Å². The van der Waals surface area contributed by atoms with Crippen molar-refractivity contribution in [3.8, 4) is 0 Å². The number of ether oxygens (including phenoxy) is 1. The first-order valence-electron chi connectivity index (χ1n) is 17.8. The minimum Gasteiger partial charge on any atom is -0.481 e. The van der Waals surface area contributed by atoms with E-state index < -0.39 is 52.6 Å². The largest absolute Gasteiger partial charge is 0.481 e. The zero-order valence-electron chi connectivity index (χ0n) is 27.6. The maximum atomic E-state index is 14.0. The smallest absolute Gasteiger partial charge is 0.415 e. The van der Waals surface area contributed by atoms with Gasteiger partial charge in [0.05, 0.1) is 28.6 Å². The molecule has 2 saturated carbocycles. The number of aliphatic hydroxyl groups is 1. The average molecular weight is 668 g/mol. The number of nitrogens with one attached hydrogen (secondary N) is 1. The van der Waals surface area contributed by atoms with E-state index in [9.17, 15) is 37.8 Å². The summed E-state index contributed by atoms with van der Waals surface area (Å²) in [6, 6.07) is -2.03. The molecule has 5 rings (SSSR count). The molecule has 0 aromatic carbocycles. The fourth-order valence-electron chi connectivity index (χ4n) is 8.84. The van der Waals surface area contributed by atoms with Gasteiger partial charge in [0.25, 0.3) is 0 Å². The van der Waals surface area contributed by atoms with Crippen LogP contribution in [0.4, 0.5) is 13.2 Å². The van der Waals surface area contributed by atoms with Crippen molar-refractivity contribution < 1.29 is 42.5 Å². The number of hydrogen-bond donors (Lipinski definition) is 3. The molecule has 2 aliphatic carbocycles. The van der Waals surface area contributed by atoms with E-state index in [0.717, 1.165) is 51.0 Å². The molecule has 47 heavy (non-hydrogen) atoms. The van der Waals surface area contributed by atoms with Crippen molar-refractivity contribution in [2.45, 2.75) is 133 Å². The average Bonchev–Trinajstić information content (AvgIpc) is 3.03. The molecule has 264 valence electrons. The molecule has 0 bridgehead atoms. The Morgan fingerprint density at radius 2 is 1.72 bits per heavy atom. The maximum Gasteiger partial charge on any atom is 0.415 e. The van der Waals surface area contributed by atoms with Gasteiger partial charge in [-0.25, -0.2) is 0 Å². The van der Waals surface area contributed by atoms with Crippen LogP contribution in [0.25, 0.3) is 0 Å². The van der Waals surface area contributed by atoms with Crippen LogP contribution in [0.1, 0.15) is 103 Å². The Labute approximate surface area is 275 Å². The number of carboxylic acids is 1. The number of amides is 2. The van der Waals surface area contributed by atoms with Crippen LogP contribution >= 0.6 is 0 Å². The van der Waals surface area contributed by atoms with Crippen LogP contribution in [0, 0.1) is 17.3 Å². The number of likely N-dealkylation sites (tertiary alicyclic amines) is 2.